The van der Waals surface area contributed by atoms with Crippen molar-refractivity contribution >= 4 is 34.8 Å². The molecule has 1 atom stereocenters. The number of benzene rings is 1. The van der Waals surface area contributed by atoms with Crippen molar-refractivity contribution in [1.29, 1.82) is 5.26 Å². The van der Waals surface area contributed by atoms with Crippen LogP contribution < -0.4 is 0 Å². The fraction of sp³-hybridized carbons (Fsp3) is 0.222. The first-order valence-electron chi connectivity index (χ1n) is 3.61. The van der Waals surface area contributed by atoms with E-state index < -0.39 is 5.38 Å². The minimum atomic E-state index is -0.516. The number of halogens is 3. The molecular formula is C9H6Cl3N. The van der Waals surface area contributed by atoms with Gasteiger partial charge in [0.1, 0.15) is 5.38 Å². The van der Waals surface area contributed by atoms with Gasteiger partial charge in [-0.2, -0.15) is 5.26 Å². The second-order valence-electron chi connectivity index (χ2n) is 2.55. The molecular weight excluding hydrogens is 228 g/mol. The van der Waals surface area contributed by atoms with Gasteiger partial charge >= 0.3 is 0 Å². The molecule has 0 fully saturated rings. The van der Waals surface area contributed by atoms with Crippen molar-refractivity contribution in [2.24, 2.45) is 0 Å². The zero-order valence-corrected chi connectivity index (χ0v) is 8.87. The van der Waals surface area contributed by atoms with E-state index in [4.69, 9.17) is 40.1 Å². The third-order valence-corrected chi connectivity index (χ3v) is 2.53. The molecule has 0 unspecified atom stereocenters. The summed E-state index contributed by atoms with van der Waals surface area (Å²) in [7, 11) is 0. The zero-order valence-electron chi connectivity index (χ0n) is 6.60. The molecule has 0 bridgehead atoms. The molecule has 0 spiro atoms. The van der Waals surface area contributed by atoms with Gasteiger partial charge in [0.2, 0.25) is 0 Å². The molecule has 0 aromatic heterocycles. The Balaban J connectivity index is 2.81. The third kappa shape index (κ3) is 3.08. The quantitative estimate of drug-likeness (QED) is 0.716. The monoisotopic (exact) mass is 233 g/mol. The lowest BCUT2D eigenvalue weighted by Gasteiger charge is -2.02. The van der Waals surface area contributed by atoms with E-state index in [0.29, 0.717) is 16.5 Å². The second-order valence-corrected chi connectivity index (χ2v) is 3.89. The Morgan fingerprint density at radius 1 is 1.31 bits per heavy atom. The minimum Gasteiger partial charge on any atom is -0.197 e. The van der Waals surface area contributed by atoms with Gasteiger partial charge in [0, 0.05) is 6.42 Å². The summed E-state index contributed by atoms with van der Waals surface area (Å²) in [6.45, 7) is 0. The smallest absolute Gasteiger partial charge is 0.124 e. The summed E-state index contributed by atoms with van der Waals surface area (Å²) in [5, 5.41) is 8.96. The molecule has 0 aliphatic carbocycles. The maximum atomic E-state index is 8.48. The van der Waals surface area contributed by atoms with Gasteiger partial charge in [-0.1, -0.05) is 29.3 Å². The van der Waals surface area contributed by atoms with Gasteiger partial charge in [-0.25, -0.2) is 0 Å². The minimum absolute atomic E-state index is 0.481. The van der Waals surface area contributed by atoms with E-state index in [1.807, 2.05) is 6.07 Å². The van der Waals surface area contributed by atoms with Crippen molar-refractivity contribution in [3.63, 3.8) is 0 Å². The fourth-order valence-electron chi connectivity index (χ4n) is 0.919. The van der Waals surface area contributed by atoms with Gasteiger partial charge in [0.15, 0.2) is 0 Å². The van der Waals surface area contributed by atoms with E-state index in [9.17, 15) is 0 Å². The largest absolute Gasteiger partial charge is 0.197 e. The summed E-state index contributed by atoms with van der Waals surface area (Å²) in [5.74, 6) is 0. The summed E-state index contributed by atoms with van der Waals surface area (Å²) in [5.41, 5.74) is 0.913. The Morgan fingerprint density at radius 3 is 2.54 bits per heavy atom. The molecule has 68 valence electrons. The molecule has 1 aromatic carbocycles. The Bertz CT molecular complexity index is 343. The topological polar surface area (TPSA) is 23.8 Å². The summed E-state index contributed by atoms with van der Waals surface area (Å²) in [6, 6.07) is 7.16. The lowest BCUT2D eigenvalue weighted by atomic mass is 10.1. The number of alkyl halides is 1. The Kier molecular flexibility index (Phi) is 3.87. The van der Waals surface area contributed by atoms with Crippen LogP contribution in [0.1, 0.15) is 5.56 Å². The van der Waals surface area contributed by atoms with Crippen LogP contribution in [0.5, 0.6) is 0 Å². The second kappa shape index (κ2) is 4.72. The molecule has 0 amide bonds. The number of nitrogens with zero attached hydrogens (tertiary/aromatic N) is 1. The average molecular weight is 235 g/mol. The molecule has 13 heavy (non-hydrogen) atoms. The summed E-state index contributed by atoms with van der Waals surface area (Å²) >= 11 is 17.2. The van der Waals surface area contributed by atoms with Gasteiger partial charge in [-0.3, -0.25) is 0 Å². The maximum Gasteiger partial charge on any atom is 0.124 e. The SMILES string of the molecule is N#C[C@@H](Cl)Cc1ccc(Cl)c(Cl)c1. The van der Waals surface area contributed by atoms with Crippen LogP contribution in [-0.2, 0) is 6.42 Å². The third-order valence-electron chi connectivity index (χ3n) is 1.54. The molecule has 4 heteroatoms. The van der Waals surface area contributed by atoms with Crippen LogP contribution in [0, 0.1) is 11.3 Å². The predicted octanol–water partition coefficient (Wildman–Crippen LogP) is 3.67. The summed E-state index contributed by atoms with van der Waals surface area (Å²) in [6.07, 6.45) is 0.481. The highest BCUT2D eigenvalue weighted by molar-refractivity contribution is 6.42. The van der Waals surface area contributed by atoms with E-state index >= 15 is 0 Å². The molecule has 1 nitrogen and oxygen atoms in total. The van der Waals surface area contributed by atoms with Crippen molar-refractivity contribution in [2.75, 3.05) is 0 Å². The number of nitriles is 1. The van der Waals surface area contributed by atoms with Gasteiger partial charge in [-0.15, -0.1) is 11.6 Å². The van der Waals surface area contributed by atoms with Crippen LogP contribution in [-0.4, -0.2) is 5.38 Å². The Hall–Kier alpha value is -0.420. The lowest BCUT2D eigenvalue weighted by molar-refractivity contribution is 1.02. The van der Waals surface area contributed by atoms with Gasteiger partial charge in [0.05, 0.1) is 16.1 Å². The van der Waals surface area contributed by atoms with E-state index in [2.05, 4.69) is 0 Å². The molecule has 0 aliphatic heterocycles. The highest BCUT2D eigenvalue weighted by atomic mass is 35.5. The molecule has 0 heterocycles. The van der Waals surface area contributed by atoms with E-state index in [0.717, 1.165) is 5.56 Å². The van der Waals surface area contributed by atoms with Crippen molar-refractivity contribution in [3.8, 4) is 6.07 Å². The summed E-state index contributed by atoms with van der Waals surface area (Å²) < 4.78 is 0. The van der Waals surface area contributed by atoms with Gasteiger partial charge in [-0.05, 0) is 17.7 Å². The van der Waals surface area contributed by atoms with E-state index in [1.54, 1.807) is 18.2 Å². The lowest BCUT2D eigenvalue weighted by Crippen LogP contribution is -1.99. The first kappa shape index (κ1) is 10.7. The number of hydrogen-bond acceptors (Lipinski definition) is 1. The van der Waals surface area contributed by atoms with Crippen molar-refractivity contribution in [2.45, 2.75) is 11.8 Å². The van der Waals surface area contributed by atoms with Crippen LogP contribution in [0.3, 0.4) is 0 Å². The van der Waals surface area contributed by atoms with Crippen LogP contribution in [0.25, 0.3) is 0 Å². The van der Waals surface area contributed by atoms with Gasteiger partial charge < -0.3 is 0 Å². The number of rotatable bonds is 2. The van der Waals surface area contributed by atoms with Crippen LogP contribution in [0.4, 0.5) is 0 Å². The number of hydrogen-bond donors (Lipinski definition) is 0. The molecule has 0 saturated heterocycles. The zero-order chi connectivity index (χ0) is 9.84. The fourth-order valence-corrected chi connectivity index (χ4v) is 1.42. The molecule has 0 saturated carbocycles. The molecule has 0 N–H and O–H groups in total. The molecule has 0 radical (unpaired) electrons. The molecule has 1 aromatic rings. The first-order valence-corrected chi connectivity index (χ1v) is 4.80. The van der Waals surface area contributed by atoms with E-state index in [1.165, 1.54) is 0 Å². The Labute approximate surface area is 91.8 Å². The van der Waals surface area contributed by atoms with Crippen LogP contribution in [0.2, 0.25) is 10.0 Å². The highest BCUT2D eigenvalue weighted by Crippen LogP contribution is 2.23. The Morgan fingerprint density at radius 2 is 2.00 bits per heavy atom. The summed E-state index contributed by atoms with van der Waals surface area (Å²) in [4.78, 5) is 0. The predicted molar refractivity (Wildman–Crippen MR) is 55.4 cm³/mol. The molecule has 1 rings (SSSR count). The van der Waals surface area contributed by atoms with Crippen molar-refractivity contribution in [3.05, 3.63) is 33.8 Å². The van der Waals surface area contributed by atoms with Crippen molar-refractivity contribution in [1.82, 2.24) is 0 Å². The standard InChI is InChI=1S/C9H6Cl3N/c10-7(5-13)3-6-1-2-8(11)9(12)4-6/h1-2,4,7H,3H2/t7-/m0/s1. The average Bonchev–Trinajstić information content (AvgIpc) is 2.11. The highest BCUT2D eigenvalue weighted by Gasteiger charge is 2.05. The van der Waals surface area contributed by atoms with Crippen LogP contribution >= 0.6 is 34.8 Å². The van der Waals surface area contributed by atoms with E-state index in [-0.39, 0.29) is 0 Å². The van der Waals surface area contributed by atoms with Gasteiger partial charge in [0.25, 0.3) is 0 Å². The van der Waals surface area contributed by atoms with Crippen LogP contribution in [0.15, 0.2) is 18.2 Å². The first-order chi connectivity index (χ1) is 6.13. The normalized spacial score (nSPS) is 12.2. The maximum absolute atomic E-state index is 8.48. The molecule has 0 aliphatic rings. The van der Waals surface area contributed by atoms with Crippen molar-refractivity contribution < 1.29 is 0 Å².